The van der Waals surface area contributed by atoms with Crippen LogP contribution in [0.2, 0.25) is 10.0 Å². The lowest BCUT2D eigenvalue weighted by Gasteiger charge is -2.07. The molecule has 4 nitrogen and oxygen atoms in total. The second-order valence-electron chi connectivity index (χ2n) is 5.63. The van der Waals surface area contributed by atoms with Crippen molar-refractivity contribution in [1.82, 2.24) is 5.43 Å². The maximum Gasteiger partial charge on any atom is 0.272 e. The van der Waals surface area contributed by atoms with Gasteiger partial charge in [-0.25, -0.2) is 5.43 Å². The summed E-state index contributed by atoms with van der Waals surface area (Å²) < 4.78 is 5.73. The van der Waals surface area contributed by atoms with Crippen molar-refractivity contribution in [3.8, 4) is 5.75 Å². The van der Waals surface area contributed by atoms with Crippen molar-refractivity contribution in [2.45, 2.75) is 6.61 Å². The van der Waals surface area contributed by atoms with Gasteiger partial charge < -0.3 is 4.74 Å². The molecule has 3 rings (SSSR count). The summed E-state index contributed by atoms with van der Waals surface area (Å²) in [6, 6.07) is 21.7. The molecule has 1 N–H and O–H groups in total. The molecule has 3 aromatic rings. The number of carbonyl (C=O) groups excluding carboxylic acids is 1. The van der Waals surface area contributed by atoms with Gasteiger partial charge in [0.15, 0.2) is 0 Å². The normalized spacial score (nSPS) is 10.7. The van der Waals surface area contributed by atoms with Crippen LogP contribution in [-0.4, -0.2) is 12.1 Å². The Hall–Kier alpha value is -2.82. The molecule has 0 heterocycles. The van der Waals surface area contributed by atoms with E-state index in [1.54, 1.807) is 30.5 Å². The summed E-state index contributed by atoms with van der Waals surface area (Å²) in [6.07, 6.45) is 1.55. The molecular weight excluding hydrogens is 383 g/mol. The van der Waals surface area contributed by atoms with Crippen LogP contribution in [0, 0.1) is 0 Å². The number of hydrazone groups is 1. The van der Waals surface area contributed by atoms with Gasteiger partial charge in [-0.2, -0.15) is 5.10 Å². The fourth-order valence-electron chi connectivity index (χ4n) is 2.30. The first kappa shape index (κ1) is 19.0. The van der Waals surface area contributed by atoms with Gasteiger partial charge in [0.25, 0.3) is 5.91 Å². The van der Waals surface area contributed by atoms with E-state index < -0.39 is 0 Å². The van der Waals surface area contributed by atoms with Crippen molar-refractivity contribution >= 4 is 35.3 Å². The average molecular weight is 399 g/mol. The molecule has 0 saturated carbocycles. The lowest BCUT2D eigenvalue weighted by molar-refractivity contribution is 0.0955. The number of hydrogen-bond acceptors (Lipinski definition) is 3. The minimum atomic E-state index is -0.364. The van der Waals surface area contributed by atoms with Gasteiger partial charge in [-0.1, -0.05) is 53.5 Å². The summed E-state index contributed by atoms with van der Waals surface area (Å²) in [5, 5.41) is 5.01. The quantitative estimate of drug-likeness (QED) is 0.450. The molecule has 0 saturated heterocycles. The van der Waals surface area contributed by atoms with Gasteiger partial charge in [-0.3, -0.25) is 4.79 Å². The van der Waals surface area contributed by atoms with Gasteiger partial charge in [-0.15, -0.1) is 0 Å². The number of benzene rings is 3. The third-order valence-corrected chi connectivity index (χ3v) is 4.43. The van der Waals surface area contributed by atoms with E-state index in [4.69, 9.17) is 27.9 Å². The Balaban J connectivity index is 1.54. The maximum atomic E-state index is 12.0. The number of amides is 1. The van der Waals surface area contributed by atoms with Gasteiger partial charge in [0.1, 0.15) is 12.4 Å². The van der Waals surface area contributed by atoms with Crippen LogP contribution >= 0.6 is 23.2 Å². The minimum absolute atomic E-state index is 0.364. The molecule has 3 aromatic carbocycles. The van der Waals surface area contributed by atoms with E-state index >= 15 is 0 Å². The molecule has 0 aliphatic rings. The van der Waals surface area contributed by atoms with E-state index in [0.717, 1.165) is 11.1 Å². The lowest BCUT2D eigenvalue weighted by Crippen LogP contribution is -2.17. The topological polar surface area (TPSA) is 50.7 Å². The zero-order valence-corrected chi connectivity index (χ0v) is 15.7. The van der Waals surface area contributed by atoms with Crippen molar-refractivity contribution in [3.63, 3.8) is 0 Å². The molecule has 0 spiro atoms. The van der Waals surface area contributed by atoms with Crippen molar-refractivity contribution in [2.75, 3.05) is 0 Å². The zero-order chi connectivity index (χ0) is 19.1. The zero-order valence-electron chi connectivity index (χ0n) is 14.2. The molecule has 0 fully saturated rings. The number of nitrogens with zero attached hydrogens (tertiary/aromatic N) is 1. The van der Waals surface area contributed by atoms with E-state index in [-0.39, 0.29) is 5.91 Å². The fourth-order valence-corrected chi connectivity index (χ4v) is 2.71. The molecule has 0 aliphatic carbocycles. The average Bonchev–Trinajstić information content (AvgIpc) is 2.68. The highest BCUT2D eigenvalue weighted by Crippen LogP contribution is 2.19. The standard InChI is InChI=1S/C21H16Cl2N2O2/c22-19-7-3-1-5-16(19)14-27-17-11-9-15(10-12-17)13-24-25-21(26)18-6-2-4-8-20(18)23/h1-13H,14H2,(H,25,26)/b24-13-. The molecule has 0 radical (unpaired) electrons. The number of rotatable bonds is 6. The Morgan fingerprint density at radius 2 is 1.59 bits per heavy atom. The van der Waals surface area contributed by atoms with Gasteiger partial charge >= 0.3 is 0 Å². The Morgan fingerprint density at radius 3 is 2.30 bits per heavy atom. The summed E-state index contributed by atoms with van der Waals surface area (Å²) in [5.41, 5.74) is 4.57. The van der Waals surface area contributed by atoms with E-state index in [1.165, 1.54) is 0 Å². The molecular formula is C21H16Cl2N2O2. The Kier molecular flexibility index (Phi) is 6.47. The number of hydrogen-bond donors (Lipinski definition) is 1. The largest absolute Gasteiger partial charge is 0.489 e. The van der Waals surface area contributed by atoms with E-state index in [9.17, 15) is 4.79 Å². The fraction of sp³-hybridized carbons (Fsp3) is 0.0476. The SMILES string of the molecule is O=C(N/N=C\c1ccc(OCc2ccccc2Cl)cc1)c1ccccc1Cl. The molecule has 0 bridgehead atoms. The molecule has 0 aliphatic heterocycles. The monoisotopic (exact) mass is 398 g/mol. The molecule has 1 amide bonds. The summed E-state index contributed by atoms with van der Waals surface area (Å²) >= 11 is 12.1. The number of carbonyl (C=O) groups is 1. The van der Waals surface area contributed by atoms with Crippen molar-refractivity contribution < 1.29 is 9.53 Å². The molecule has 0 unspecified atom stereocenters. The second-order valence-corrected chi connectivity index (χ2v) is 6.44. The van der Waals surface area contributed by atoms with Crippen LogP contribution in [0.1, 0.15) is 21.5 Å². The van der Waals surface area contributed by atoms with Crippen LogP contribution in [0.3, 0.4) is 0 Å². The van der Waals surface area contributed by atoms with Gasteiger partial charge in [0.2, 0.25) is 0 Å². The van der Waals surface area contributed by atoms with Crippen molar-refractivity contribution in [2.24, 2.45) is 5.10 Å². The second kappa shape index (κ2) is 9.21. The highest BCUT2D eigenvalue weighted by Gasteiger charge is 2.07. The number of ether oxygens (including phenoxy) is 1. The van der Waals surface area contributed by atoms with E-state index in [0.29, 0.717) is 28.0 Å². The van der Waals surface area contributed by atoms with E-state index in [1.807, 2.05) is 48.5 Å². The predicted molar refractivity (Wildman–Crippen MR) is 109 cm³/mol. The van der Waals surface area contributed by atoms with Gasteiger partial charge in [0, 0.05) is 10.6 Å². The number of halogens is 2. The lowest BCUT2D eigenvalue weighted by atomic mass is 10.2. The molecule has 6 heteroatoms. The third-order valence-electron chi connectivity index (χ3n) is 3.73. The first-order chi connectivity index (χ1) is 13.1. The third kappa shape index (κ3) is 5.33. The first-order valence-electron chi connectivity index (χ1n) is 8.17. The smallest absolute Gasteiger partial charge is 0.272 e. The molecule has 0 atom stereocenters. The molecule has 0 aromatic heterocycles. The first-order valence-corrected chi connectivity index (χ1v) is 8.93. The maximum absolute atomic E-state index is 12.0. The highest BCUT2D eigenvalue weighted by atomic mass is 35.5. The number of nitrogens with one attached hydrogen (secondary N) is 1. The highest BCUT2D eigenvalue weighted by molar-refractivity contribution is 6.33. The summed E-state index contributed by atoms with van der Waals surface area (Å²) in [6.45, 7) is 0.390. The van der Waals surface area contributed by atoms with Crippen LogP contribution in [0.25, 0.3) is 0 Å². The van der Waals surface area contributed by atoms with Crippen LogP contribution in [0.4, 0.5) is 0 Å². The van der Waals surface area contributed by atoms with Crippen LogP contribution in [0.5, 0.6) is 5.75 Å². The Bertz CT molecular complexity index is 956. The minimum Gasteiger partial charge on any atom is -0.489 e. The van der Waals surface area contributed by atoms with Gasteiger partial charge in [0.05, 0.1) is 16.8 Å². The Labute approximate surface area is 167 Å². The molecule has 136 valence electrons. The summed E-state index contributed by atoms with van der Waals surface area (Å²) in [7, 11) is 0. The Morgan fingerprint density at radius 1 is 0.926 bits per heavy atom. The predicted octanol–water partition coefficient (Wildman–Crippen LogP) is 5.34. The van der Waals surface area contributed by atoms with Crippen molar-refractivity contribution in [3.05, 3.63) is 99.5 Å². The summed E-state index contributed by atoms with van der Waals surface area (Å²) in [4.78, 5) is 12.0. The van der Waals surface area contributed by atoms with Crippen LogP contribution in [0.15, 0.2) is 77.9 Å². The van der Waals surface area contributed by atoms with Crippen molar-refractivity contribution in [1.29, 1.82) is 0 Å². The molecule has 27 heavy (non-hydrogen) atoms. The van der Waals surface area contributed by atoms with Crippen LogP contribution in [-0.2, 0) is 6.61 Å². The van der Waals surface area contributed by atoms with Crippen LogP contribution < -0.4 is 10.2 Å². The summed E-state index contributed by atoms with van der Waals surface area (Å²) in [5.74, 6) is 0.351. The van der Waals surface area contributed by atoms with Gasteiger partial charge in [-0.05, 0) is 48.0 Å². The van der Waals surface area contributed by atoms with E-state index in [2.05, 4.69) is 10.5 Å².